The minimum absolute atomic E-state index is 0.0388. The highest BCUT2D eigenvalue weighted by atomic mass is 79.9. The second-order valence-electron chi connectivity index (χ2n) is 3.92. The van der Waals surface area contributed by atoms with Gasteiger partial charge in [0.25, 0.3) is 11.6 Å². The number of hydrogen-bond acceptors (Lipinski definition) is 4. The number of nitrogens with zero attached hydrogens (tertiary/aromatic N) is 1. The van der Waals surface area contributed by atoms with E-state index in [1.54, 1.807) is 0 Å². The molecule has 20 heavy (non-hydrogen) atoms. The number of phenols is 1. The summed E-state index contributed by atoms with van der Waals surface area (Å²) in [7, 11) is 0. The largest absolute Gasteiger partial charge is 0.507 e. The molecule has 0 fully saturated rings. The van der Waals surface area contributed by atoms with E-state index in [0.717, 1.165) is 0 Å². The van der Waals surface area contributed by atoms with Crippen molar-refractivity contribution in [2.24, 2.45) is 0 Å². The number of carbonyl (C=O) groups excluding carboxylic acids is 1. The van der Waals surface area contributed by atoms with Gasteiger partial charge in [0.05, 0.1) is 9.40 Å². The average Bonchev–Trinajstić information content (AvgIpc) is 2.42. The van der Waals surface area contributed by atoms with Crippen molar-refractivity contribution >= 4 is 33.2 Å². The Bertz CT molecular complexity index is 671. The van der Waals surface area contributed by atoms with Crippen LogP contribution in [-0.2, 0) is 0 Å². The highest BCUT2D eigenvalue weighted by molar-refractivity contribution is 9.10. The summed E-state index contributed by atoms with van der Waals surface area (Å²) in [6.07, 6.45) is 0. The summed E-state index contributed by atoms with van der Waals surface area (Å²) >= 11 is 3.12. The maximum atomic E-state index is 11.9. The van der Waals surface area contributed by atoms with E-state index in [-0.39, 0.29) is 17.3 Å². The summed E-state index contributed by atoms with van der Waals surface area (Å²) in [6.45, 7) is 0. The Morgan fingerprint density at radius 1 is 1.20 bits per heavy atom. The fraction of sp³-hybridized carbons (Fsp3) is 0. The van der Waals surface area contributed by atoms with E-state index in [1.807, 2.05) is 0 Å². The monoisotopic (exact) mass is 336 g/mol. The van der Waals surface area contributed by atoms with Gasteiger partial charge in [0.1, 0.15) is 5.75 Å². The van der Waals surface area contributed by atoms with Crippen molar-refractivity contribution in [3.05, 3.63) is 62.6 Å². The number of nitrogens with one attached hydrogen (secondary N) is 1. The number of hydrogen-bond donors (Lipinski definition) is 2. The molecule has 102 valence electrons. The van der Waals surface area contributed by atoms with Crippen molar-refractivity contribution in [1.29, 1.82) is 0 Å². The number of benzene rings is 2. The van der Waals surface area contributed by atoms with E-state index < -0.39 is 4.92 Å². The quantitative estimate of drug-likeness (QED) is 0.664. The molecule has 0 spiro atoms. The van der Waals surface area contributed by atoms with Crippen LogP contribution in [0.4, 0.5) is 11.4 Å². The lowest BCUT2D eigenvalue weighted by atomic mass is 10.2. The molecule has 0 aliphatic rings. The molecular weight excluding hydrogens is 328 g/mol. The number of non-ortho nitro benzene ring substituents is 1. The van der Waals surface area contributed by atoms with Crippen LogP contribution in [0, 0.1) is 10.1 Å². The van der Waals surface area contributed by atoms with E-state index in [2.05, 4.69) is 21.2 Å². The molecule has 0 aliphatic heterocycles. The predicted molar refractivity (Wildman–Crippen MR) is 76.9 cm³/mol. The van der Waals surface area contributed by atoms with Gasteiger partial charge in [0.15, 0.2) is 0 Å². The molecule has 2 aromatic rings. The van der Waals surface area contributed by atoms with Crippen molar-refractivity contribution < 1.29 is 14.8 Å². The molecule has 0 radical (unpaired) electrons. The number of carbonyl (C=O) groups is 1. The van der Waals surface area contributed by atoms with E-state index in [4.69, 9.17) is 0 Å². The van der Waals surface area contributed by atoms with Crippen LogP contribution in [0.1, 0.15) is 10.4 Å². The fourth-order valence-electron chi connectivity index (χ4n) is 1.52. The third kappa shape index (κ3) is 3.12. The number of rotatable bonds is 3. The average molecular weight is 337 g/mol. The van der Waals surface area contributed by atoms with Gasteiger partial charge >= 0.3 is 0 Å². The zero-order valence-corrected chi connectivity index (χ0v) is 11.6. The second kappa shape index (κ2) is 5.70. The Labute approximate surface area is 122 Å². The molecule has 0 saturated heterocycles. The first kappa shape index (κ1) is 14.0. The van der Waals surface area contributed by atoms with Gasteiger partial charge in [0, 0.05) is 23.4 Å². The molecule has 6 nitrogen and oxygen atoms in total. The molecule has 7 heteroatoms. The number of halogens is 1. The number of amides is 1. The van der Waals surface area contributed by atoms with Crippen molar-refractivity contribution in [3.8, 4) is 5.75 Å². The van der Waals surface area contributed by atoms with Crippen LogP contribution in [0.5, 0.6) is 5.75 Å². The van der Waals surface area contributed by atoms with Crippen LogP contribution >= 0.6 is 15.9 Å². The third-order valence-corrected chi connectivity index (χ3v) is 3.18. The Balaban J connectivity index is 2.14. The molecule has 0 aromatic heterocycles. The summed E-state index contributed by atoms with van der Waals surface area (Å²) in [5, 5.41) is 22.5. The first-order chi connectivity index (χ1) is 9.47. The zero-order chi connectivity index (χ0) is 14.7. The van der Waals surface area contributed by atoms with Crippen LogP contribution in [0.3, 0.4) is 0 Å². The molecule has 2 aromatic carbocycles. The Morgan fingerprint density at radius 2 is 1.85 bits per heavy atom. The number of anilines is 1. The van der Waals surface area contributed by atoms with Gasteiger partial charge in [-0.15, -0.1) is 0 Å². The van der Waals surface area contributed by atoms with Gasteiger partial charge in [0.2, 0.25) is 0 Å². The Morgan fingerprint density at radius 3 is 2.40 bits per heavy atom. The van der Waals surface area contributed by atoms with E-state index in [1.165, 1.54) is 42.5 Å². The minimum Gasteiger partial charge on any atom is -0.507 e. The molecule has 2 rings (SSSR count). The van der Waals surface area contributed by atoms with Crippen LogP contribution < -0.4 is 5.32 Å². The van der Waals surface area contributed by atoms with E-state index in [0.29, 0.717) is 15.7 Å². The molecule has 1 amide bonds. The maximum Gasteiger partial charge on any atom is 0.269 e. The van der Waals surface area contributed by atoms with Gasteiger partial charge in [-0.05, 0) is 46.3 Å². The summed E-state index contributed by atoms with van der Waals surface area (Å²) in [6, 6.07) is 9.87. The van der Waals surface area contributed by atoms with E-state index >= 15 is 0 Å². The number of aromatic hydroxyl groups is 1. The van der Waals surface area contributed by atoms with E-state index in [9.17, 15) is 20.0 Å². The van der Waals surface area contributed by atoms with Crippen molar-refractivity contribution in [1.82, 2.24) is 0 Å². The van der Waals surface area contributed by atoms with Gasteiger partial charge in [-0.25, -0.2) is 0 Å². The smallest absolute Gasteiger partial charge is 0.269 e. The van der Waals surface area contributed by atoms with Gasteiger partial charge in [-0.1, -0.05) is 0 Å². The Kier molecular flexibility index (Phi) is 3.99. The molecule has 0 saturated carbocycles. The number of nitro groups is 1. The maximum absolute atomic E-state index is 11.9. The molecule has 2 N–H and O–H groups in total. The molecule has 0 unspecified atom stereocenters. The number of nitro benzene ring substituents is 1. The first-order valence-corrected chi connectivity index (χ1v) is 6.31. The van der Waals surface area contributed by atoms with Gasteiger partial charge in [-0.3, -0.25) is 14.9 Å². The lowest BCUT2D eigenvalue weighted by Crippen LogP contribution is -2.11. The van der Waals surface area contributed by atoms with Gasteiger partial charge < -0.3 is 10.4 Å². The van der Waals surface area contributed by atoms with Crippen LogP contribution in [0.25, 0.3) is 0 Å². The number of phenolic OH excluding ortho intramolecular Hbond substituents is 1. The van der Waals surface area contributed by atoms with Crippen LogP contribution in [0.2, 0.25) is 0 Å². The summed E-state index contributed by atoms with van der Waals surface area (Å²) < 4.78 is 0.411. The second-order valence-corrected chi connectivity index (χ2v) is 4.78. The lowest BCUT2D eigenvalue weighted by molar-refractivity contribution is -0.384. The van der Waals surface area contributed by atoms with Crippen LogP contribution in [0.15, 0.2) is 46.9 Å². The molecule has 0 aliphatic carbocycles. The molecule has 0 atom stereocenters. The zero-order valence-electron chi connectivity index (χ0n) is 10.0. The summed E-state index contributed by atoms with van der Waals surface area (Å²) in [5.74, 6) is -0.337. The summed E-state index contributed by atoms with van der Waals surface area (Å²) in [4.78, 5) is 22.0. The highest BCUT2D eigenvalue weighted by Gasteiger charge is 2.10. The normalized spacial score (nSPS) is 10.1. The molecular formula is C13H9BrN2O4. The Hall–Kier alpha value is -2.41. The highest BCUT2D eigenvalue weighted by Crippen LogP contribution is 2.25. The fourth-order valence-corrected chi connectivity index (χ4v) is 1.90. The van der Waals surface area contributed by atoms with Crippen LogP contribution in [-0.4, -0.2) is 15.9 Å². The third-order valence-electron chi connectivity index (χ3n) is 2.55. The van der Waals surface area contributed by atoms with Gasteiger partial charge in [-0.2, -0.15) is 0 Å². The first-order valence-electron chi connectivity index (χ1n) is 5.51. The standard InChI is InChI=1S/C13H9BrN2O4/c14-11-7-8(1-6-12(11)17)13(18)15-9-2-4-10(5-3-9)16(19)20/h1-7,17H,(H,15,18). The van der Waals surface area contributed by atoms with Crippen molar-refractivity contribution in [2.45, 2.75) is 0 Å². The molecule has 0 heterocycles. The lowest BCUT2D eigenvalue weighted by Gasteiger charge is -2.06. The van der Waals surface area contributed by atoms with Crippen molar-refractivity contribution in [2.75, 3.05) is 5.32 Å². The van der Waals surface area contributed by atoms with Crippen molar-refractivity contribution in [3.63, 3.8) is 0 Å². The molecule has 0 bridgehead atoms. The summed E-state index contributed by atoms with van der Waals surface area (Å²) in [5.41, 5.74) is 0.758. The SMILES string of the molecule is O=C(Nc1ccc([N+](=O)[O-])cc1)c1ccc(O)c(Br)c1. The predicted octanol–water partition coefficient (Wildman–Crippen LogP) is 3.32. The minimum atomic E-state index is -0.511. The topological polar surface area (TPSA) is 92.5 Å².